The molecule has 0 saturated carbocycles. The third kappa shape index (κ3) is 3.64. The van der Waals surface area contributed by atoms with E-state index in [9.17, 15) is 4.39 Å². The first-order chi connectivity index (χ1) is 9.08. The molecule has 1 aliphatic heterocycles. The fraction of sp³-hybridized carbons (Fsp3) is 0.500. The number of hydrogen-bond donors (Lipinski definition) is 1. The van der Waals surface area contributed by atoms with Crippen LogP contribution in [0.4, 0.5) is 10.1 Å². The molecule has 1 aromatic carbocycles. The quantitative estimate of drug-likeness (QED) is 0.861. The molecular formula is C14H19FN2OS. The van der Waals surface area contributed by atoms with E-state index in [0.717, 1.165) is 19.4 Å². The van der Waals surface area contributed by atoms with Gasteiger partial charge in [-0.3, -0.25) is 0 Å². The van der Waals surface area contributed by atoms with Gasteiger partial charge in [-0.15, -0.1) is 0 Å². The zero-order chi connectivity index (χ0) is 13.8. The molecule has 2 N–H and O–H groups in total. The molecule has 2 rings (SSSR count). The minimum Gasteiger partial charge on any atom is -0.389 e. The standard InChI is InChI=1S/C14H19FN2OS/c1-17(9-11-4-2-3-7-18-11)13-6-5-10(14(16)19)8-12(13)15/h5-6,8,11H,2-4,7,9H2,1H3,(H2,16,19). The summed E-state index contributed by atoms with van der Waals surface area (Å²) in [6.45, 7) is 1.50. The second-order valence-corrected chi connectivity index (χ2v) is 5.34. The highest BCUT2D eigenvalue weighted by molar-refractivity contribution is 7.80. The van der Waals surface area contributed by atoms with E-state index in [-0.39, 0.29) is 16.9 Å². The van der Waals surface area contributed by atoms with Crippen molar-refractivity contribution in [3.8, 4) is 0 Å². The Balaban J connectivity index is 2.05. The highest BCUT2D eigenvalue weighted by atomic mass is 32.1. The summed E-state index contributed by atoms with van der Waals surface area (Å²) < 4.78 is 19.7. The number of thiocarbonyl (C=S) groups is 1. The van der Waals surface area contributed by atoms with Gasteiger partial charge in [0.1, 0.15) is 10.8 Å². The van der Waals surface area contributed by atoms with Crippen molar-refractivity contribution < 1.29 is 9.13 Å². The number of hydrogen-bond acceptors (Lipinski definition) is 3. The topological polar surface area (TPSA) is 38.5 Å². The average molecular weight is 282 g/mol. The van der Waals surface area contributed by atoms with E-state index in [1.165, 1.54) is 12.5 Å². The van der Waals surface area contributed by atoms with Crippen LogP contribution in [0.25, 0.3) is 0 Å². The first kappa shape index (κ1) is 14.2. The number of halogens is 1. The van der Waals surface area contributed by atoms with Crippen molar-refractivity contribution in [1.82, 2.24) is 0 Å². The Morgan fingerprint density at radius 1 is 1.53 bits per heavy atom. The van der Waals surface area contributed by atoms with Gasteiger partial charge in [0.05, 0.1) is 11.8 Å². The normalized spacial score (nSPS) is 19.2. The SMILES string of the molecule is CN(CC1CCCCO1)c1ccc(C(N)=S)cc1F. The van der Waals surface area contributed by atoms with Crippen molar-refractivity contribution in [2.75, 3.05) is 25.1 Å². The van der Waals surface area contributed by atoms with Crippen molar-refractivity contribution in [3.05, 3.63) is 29.6 Å². The van der Waals surface area contributed by atoms with Gasteiger partial charge in [0, 0.05) is 25.8 Å². The van der Waals surface area contributed by atoms with E-state index >= 15 is 0 Å². The monoisotopic (exact) mass is 282 g/mol. The van der Waals surface area contributed by atoms with Gasteiger partial charge < -0.3 is 15.4 Å². The van der Waals surface area contributed by atoms with E-state index in [0.29, 0.717) is 17.8 Å². The van der Waals surface area contributed by atoms with Crippen LogP contribution in [0, 0.1) is 5.82 Å². The lowest BCUT2D eigenvalue weighted by atomic mass is 10.1. The van der Waals surface area contributed by atoms with E-state index in [4.69, 9.17) is 22.7 Å². The summed E-state index contributed by atoms with van der Waals surface area (Å²) in [7, 11) is 1.87. The number of rotatable bonds is 4. The molecule has 0 aromatic heterocycles. The molecule has 1 atom stereocenters. The molecule has 5 heteroatoms. The Labute approximate surface area is 118 Å². The Hall–Kier alpha value is -1.20. The third-order valence-corrected chi connectivity index (χ3v) is 3.63. The van der Waals surface area contributed by atoms with Crippen LogP contribution in [-0.2, 0) is 4.74 Å². The highest BCUT2D eigenvalue weighted by Crippen LogP contribution is 2.22. The average Bonchev–Trinajstić information content (AvgIpc) is 2.39. The molecule has 0 spiro atoms. The van der Waals surface area contributed by atoms with Crippen LogP contribution in [0.15, 0.2) is 18.2 Å². The van der Waals surface area contributed by atoms with Gasteiger partial charge >= 0.3 is 0 Å². The van der Waals surface area contributed by atoms with Gasteiger partial charge in [-0.2, -0.15) is 0 Å². The Morgan fingerprint density at radius 2 is 2.32 bits per heavy atom. The summed E-state index contributed by atoms with van der Waals surface area (Å²) in [5.74, 6) is -0.302. The molecular weight excluding hydrogens is 263 g/mol. The molecule has 1 fully saturated rings. The zero-order valence-corrected chi connectivity index (χ0v) is 11.9. The fourth-order valence-electron chi connectivity index (χ4n) is 2.32. The van der Waals surface area contributed by atoms with Gasteiger partial charge in [0.25, 0.3) is 0 Å². The predicted octanol–water partition coefficient (Wildman–Crippen LogP) is 2.47. The summed E-state index contributed by atoms with van der Waals surface area (Å²) in [4.78, 5) is 2.10. The molecule has 1 unspecified atom stereocenters. The van der Waals surface area contributed by atoms with E-state index < -0.39 is 0 Å². The maximum absolute atomic E-state index is 14.0. The molecule has 0 radical (unpaired) electrons. The van der Waals surface area contributed by atoms with Gasteiger partial charge in [-0.25, -0.2) is 4.39 Å². The summed E-state index contributed by atoms with van der Waals surface area (Å²) in [6, 6.07) is 4.85. The minimum atomic E-state index is -0.302. The van der Waals surface area contributed by atoms with E-state index in [1.807, 2.05) is 11.9 Å². The Bertz CT molecular complexity index is 461. The first-order valence-corrected chi connectivity index (χ1v) is 6.91. The lowest BCUT2D eigenvalue weighted by molar-refractivity contribution is 0.0215. The van der Waals surface area contributed by atoms with Crippen molar-refractivity contribution in [3.63, 3.8) is 0 Å². The number of likely N-dealkylation sites (N-methyl/N-ethyl adjacent to an activating group) is 1. The fourth-order valence-corrected chi connectivity index (χ4v) is 2.45. The predicted molar refractivity (Wildman–Crippen MR) is 79.1 cm³/mol. The highest BCUT2D eigenvalue weighted by Gasteiger charge is 2.18. The lowest BCUT2D eigenvalue weighted by Crippen LogP contribution is -2.33. The first-order valence-electron chi connectivity index (χ1n) is 6.50. The van der Waals surface area contributed by atoms with Gasteiger partial charge in [0.15, 0.2) is 0 Å². The molecule has 0 bridgehead atoms. The summed E-state index contributed by atoms with van der Waals surface area (Å²) in [5.41, 5.74) is 6.59. The zero-order valence-electron chi connectivity index (χ0n) is 11.1. The number of anilines is 1. The van der Waals surface area contributed by atoms with Crippen LogP contribution in [-0.4, -0.2) is 31.3 Å². The van der Waals surface area contributed by atoms with Crippen molar-refractivity contribution in [2.24, 2.45) is 5.73 Å². The maximum atomic E-state index is 14.0. The van der Waals surface area contributed by atoms with Crippen LogP contribution in [0.3, 0.4) is 0 Å². The van der Waals surface area contributed by atoms with E-state index in [2.05, 4.69) is 0 Å². The number of nitrogens with zero attached hydrogens (tertiary/aromatic N) is 1. The Kier molecular flexibility index (Phi) is 4.71. The largest absolute Gasteiger partial charge is 0.389 e. The number of benzene rings is 1. The summed E-state index contributed by atoms with van der Waals surface area (Å²) >= 11 is 4.84. The molecule has 1 heterocycles. The van der Waals surface area contributed by atoms with E-state index in [1.54, 1.807) is 12.1 Å². The van der Waals surface area contributed by atoms with Gasteiger partial charge in [-0.1, -0.05) is 12.2 Å². The summed E-state index contributed by atoms with van der Waals surface area (Å²) in [5, 5.41) is 0. The van der Waals surface area contributed by atoms with Crippen LogP contribution in [0.2, 0.25) is 0 Å². The van der Waals surface area contributed by atoms with Crippen LogP contribution < -0.4 is 10.6 Å². The molecule has 1 aromatic rings. The maximum Gasteiger partial charge on any atom is 0.147 e. The summed E-state index contributed by atoms with van der Waals surface area (Å²) in [6.07, 6.45) is 3.53. The van der Waals surface area contributed by atoms with Gasteiger partial charge in [0.2, 0.25) is 0 Å². The molecule has 1 saturated heterocycles. The number of nitrogens with two attached hydrogens (primary N) is 1. The van der Waals surface area contributed by atoms with Crippen LogP contribution in [0.5, 0.6) is 0 Å². The second-order valence-electron chi connectivity index (χ2n) is 4.90. The number of ether oxygens (including phenoxy) is 1. The van der Waals surface area contributed by atoms with Crippen molar-refractivity contribution in [2.45, 2.75) is 25.4 Å². The second kappa shape index (κ2) is 6.30. The molecule has 0 amide bonds. The van der Waals surface area contributed by atoms with Crippen LogP contribution >= 0.6 is 12.2 Å². The molecule has 1 aliphatic rings. The van der Waals surface area contributed by atoms with Crippen LogP contribution in [0.1, 0.15) is 24.8 Å². The molecule has 0 aliphatic carbocycles. The van der Waals surface area contributed by atoms with Crippen molar-refractivity contribution >= 4 is 22.9 Å². The van der Waals surface area contributed by atoms with Crippen molar-refractivity contribution in [1.29, 1.82) is 0 Å². The lowest BCUT2D eigenvalue weighted by Gasteiger charge is -2.29. The minimum absolute atomic E-state index is 0.188. The third-order valence-electron chi connectivity index (χ3n) is 3.39. The molecule has 19 heavy (non-hydrogen) atoms. The molecule has 104 valence electrons. The smallest absolute Gasteiger partial charge is 0.147 e. The van der Waals surface area contributed by atoms with Gasteiger partial charge in [-0.05, 0) is 37.5 Å². The Morgan fingerprint density at radius 3 is 2.89 bits per heavy atom. The molecule has 3 nitrogen and oxygen atoms in total.